The van der Waals surface area contributed by atoms with E-state index in [1.807, 2.05) is 36.4 Å². The second-order valence-electron chi connectivity index (χ2n) is 4.75. The molecule has 1 unspecified atom stereocenters. The number of rotatable bonds is 5. The minimum absolute atomic E-state index is 0.236. The first-order chi connectivity index (χ1) is 9.25. The number of benzene rings is 2. The molecule has 0 heterocycles. The van der Waals surface area contributed by atoms with E-state index < -0.39 is 0 Å². The third-order valence-corrected chi connectivity index (χ3v) is 3.12. The molecule has 2 heteroatoms. The van der Waals surface area contributed by atoms with Crippen LogP contribution in [0.3, 0.4) is 0 Å². The Morgan fingerprint density at radius 2 is 1.58 bits per heavy atom. The summed E-state index contributed by atoms with van der Waals surface area (Å²) in [5, 5.41) is 0. The van der Waals surface area contributed by atoms with E-state index in [2.05, 4.69) is 36.2 Å². The highest BCUT2D eigenvalue weighted by Crippen LogP contribution is 2.08. The number of nitrogens with two attached hydrogens (primary N) is 1. The number of hydrogen-bond donors (Lipinski definition) is 1. The molecule has 0 saturated heterocycles. The molecule has 0 amide bonds. The Hall–Kier alpha value is -2.09. The van der Waals surface area contributed by atoms with Gasteiger partial charge in [-0.2, -0.15) is 0 Å². The molecule has 2 nitrogen and oxygen atoms in total. The minimum Gasteiger partial charge on any atom is -0.383 e. The predicted molar refractivity (Wildman–Crippen MR) is 81.4 cm³/mol. The van der Waals surface area contributed by atoms with Crippen LogP contribution in [0.4, 0.5) is 0 Å². The van der Waals surface area contributed by atoms with Crippen molar-refractivity contribution < 1.29 is 0 Å². The molecule has 0 aromatic heterocycles. The van der Waals surface area contributed by atoms with E-state index >= 15 is 0 Å². The summed E-state index contributed by atoms with van der Waals surface area (Å²) in [6.07, 6.45) is 2.05. The maximum atomic E-state index is 6.01. The molecule has 0 aliphatic heterocycles. The lowest BCUT2D eigenvalue weighted by atomic mass is 10.1. The monoisotopic (exact) mass is 252 g/mol. The van der Waals surface area contributed by atoms with Crippen molar-refractivity contribution in [3.8, 4) is 0 Å². The zero-order chi connectivity index (χ0) is 13.5. The molecule has 1 atom stereocenters. The number of hydrogen-bond acceptors (Lipinski definition) is 1. The van der Waals surface area contributed by atoms with Gasteiger partial charge in [0.05, 0.1) is 0 Å². The molecule has 2 aromatic carbocycles. The molecular weight excluding hydrogens is 232 g/mol. The summed E-state index contributed by atoms with van der Waals surface area (Å²) < 4.78 is 0. The van der Waals surface area contributed by atoms with E-state index in [1.165, 1.54) is 5.56 Å². The van der Waals surface area contributed by atoms with Crippen LogP contribution in [0.1, 0.15) is 24.5 Å². The summed E-state index contributed by atoms with van der Waals surface area (Å²) in [6, 6.07) is 20.6. The molecule has 0 aliphatic carbocycles. The lowest BCUT2D eigenvalue weighted by Gasteiger charge is -2.08. The summed E-state index contributed by atoms with van der Waals surface area (Å²) in [5.74, 6) is 0.626. The fraction of sp³-hybridized carbons (Fsp3) is 0.235. The van der Waals surface area contributed by atoms with Gasteiger partial charge in [-0.1, -0.05) is 60.7 Å². The summed E-state index contributed by atoms with van der Waals surface area (Å²) in [6.45, 7) is 2.11. The summed E-state index contributed by atoms with van der Waals surface area (Å²) in [7, 11) is 0. The van der Waals surface area contributed by atoms with E-state index in [1.54, 1.807) is 0 Å². The maximum Gasteiger partial charge on any atom is 0.125 e. The van der Waals surface area contributed by atoms with E-state index in [-0.39, 0.29) is 6.04 Å². The Morgan fingerprint density at radius 3 is 2.21 bits per heavy atom. The normalized spacial score (nSPS) is 13.2. The van der Waals surface area contributed by atoms with Crippen LogP contribution >= 0.6 is 0 Å². The molecule has 0 saturated carbocycles. The second kappa shape index (κ2) is 6.74. The fourth-order valence-electron chi connectivity index (χ4n) is 2.01. The Bertz CT molecular complexity index is 517. The molecule has 0 radical (unpaired) electrons. The van der Waals surface area contributed by atoms with Gasteiger partial charge in [0.1, 0.15) is 5.84 Å². The van der Waals surface area contributed by atoms with Crippen molar-refractivity contribution in [1.82, 2.24) is 0 Å². The molecule has 2 N–H and O–H groups in total. The van der Waals surface area contributed by atoms with Gasteiger partial charge in [0.25, 0.3) is 0 Å². The molecule has 0 fully saturated rings. The van der Waals surface area contributed by atoms with E-state index in [9.17, 15) is 0 Å². The number of aryl methyl sites for hydroxylation is 1. The lowest BCUT2D eigenvalue weighted by molar-refractivity contribution is 0.668. The largest absolute Gasteiger partial charge is 0.383 e. The number of aliphatic imine (C=N–C) groups is 1. The van der Waals surface area contributed by atoms with Gasteiger partial charge in [-0.3, -0.25) is 4.99 Å². The van der Waals surface area contributed by atoms with E-state index in [4.69, 9.17) is 5.73 Å². The van der Waals surface area contributed by atoms with Crippen LogP contribution in [0.25, 0.3) is 0 Å². The van der Waals surface area contributed by atoms with Crippen LogP contribution in [0.15, 0.2) is 65.7 Å². The van der Waals surface area contributed by atoms with Crippen molar-refractivity contribution in [2.75, 3.05) is 0 Å². The average Bonchev–Trinajstić information content (AvgIpc) is 2.47. The van der Waals surface area contributed by atoms with Crippen LogP contribution in [0, 0.1) is 0 Å². The van der Waals surface area contributed by atoms with Crippen molar-refractivity contribution in [3.05, 3.63) is 71.8 Å². The molecular formula is C17H20N2. The highest BCUT2D eigenvalue weighted by atomic mass is 14.9. The number of nitrogens with zero attached hydrogens (tertiary/aromatic N) is 1. The third kappa shape index (κ3) is 4.25. The first-order valence-electron chi connectivity index (χ1n) is 6.68. The van der Waals surface area contributed by atoms with Gasteiger partial charge in [0.15, 0.2) is 0 Å². The van der Waals surface area contributed by atoms with Crippen LogP contribution in [-0.2, 0) is 6.42 Å². The Labute approximate surface area is 115 Å². The van der Waals surface area contributed by atoms with Gasteiger partial charge < -0.3 is 5.73 Å². The fourth-order valence-corrected chi connectivity index (χ4v) is 2.01. The predicted octanol–water partition coefficient (Wildman–Crippen LogP) is 3.41. The van der Waals surface area contributed by atoms with Gasteiger partial charge in [-0.15, -0.1) is 0 Å². The average molecular weight is 252 g/mol. The zero-order valence-electron chi connectivity index (χ0n) is 11.3. The van der Waals surface area contributed by atoms with Crippen molar-refractivity contribution in [1.29, 1.82) is 0 Å². The summed E-state index contributed by atoms with van der Waals surface area (Å²) in [5.41, 5.74) is 8.36. The van der Waals surface area contributed by atoms with Gasteiger partial charge >= 0.3 is 0 Å². The Kier molecular flexibility index (Phi) is 4.73. The molecule has 98 valence electrons. The number of amidine groups is 1. The van der Waals surface area contributed by atoms with Crippen LogP contribution in [0.2, 0.25) is 0 Å². The van der Waals surface area contributed by atoms with Crippen LogP contribution < -0.4 is 5.73 Å². The van der Waals surface area contributed by atoms with Gasteiger partial charge in [0.2, 0.25) is 0 Å². The van der Waals surface area contributed by atoms with Crippen molar-refractivity contribution in [3.63, 3.8) is 0 Å². The Morgan fingerprint density at radius 1 is 1.00 bits per heavy atom. The molecule has 2 aromatic rings. The minimum atomic E-state index is 0.236. The molecule has 0 spiro atoms. The third-order valence-electron chi connectivity index (χ3n) is 3.12. The molecule has 2 rings (SSSR count). The van der Waals surface area contributed by atoms with Gasteiger partial charge in [0, 0.05) is 11.6 Å². The van der Waals surface area contributed by atoms with Crippen LogP contribution in [0.5, 0.6) is 0 Å². The van der Waals surface area contributed by atoms with E-state index in [0.29, 0.717) is 5.84 Å². The quantitative estimate of drug-likeness (QED) is 0.642. The smallest absolute Gasteiger partial charge is 0.125 e. The SMILES string of the molecule is CC(CCc1ccccc1)N=C(N)c1ccccc1. The summed E-state index contributed by atoms with van der Waals surface area (Å²) in [4.78, 5) is 4.56. The first-order valence-corrected chi connectivity index (χ1v) is 6.68. The first kappa shape index (κ1) is 13.3. The topological polar surface area (TPSA) is 38.4 Å². The zero-order valence-corrected chi connectivity index (χ0v) is 11.3. The van der Waals surface area contributed by atoms with E-state index in [0.717, 1.165) is 18.4 Å². The lowest BCUT2D eigenvalue weighted by Crippen LogP contribution is -2.16. The Balaban J connectivity index is 1.92. The standard InChI is InChI=1S/C17H20N2/c1-14(12-13-15-8-4-2-5-9-15)19-17(18)16-10-6-3-7-11-16/h2-11,14H,12-13H2,1H3,(H2,18,19). The second-order valence-corrected chi connectivity index (χ2v) is 4.75. The summed E-state index contributed by atoms with van der Waals surface area (Å²) >= 11 is 0. The van der Waals surface area contributed by atoms with Crippen molar-refractivity contribution in [2.24, 2.45) is 10.7 Å². The molecule has 19 heavy (non-hydrogen) atoms. The van der Waals surface area contributed by atoms with Crippen molar-refractivity contribution in [2.45, 2.75) is 25.8 Å². The molecule has 0 bridgehead atoms. The highest BCUT2D eigenvalue weighted by molar-refractivity contribution is 5.97. The maximum absolute atomic E-state index is 6.01. The molecule has 0 aliphatic rings. The van der Waals surface area contributed by atoms with Crippen molar-refractivity contribution >= 4 is 5.84 Å². The van der Waals surface area contributed by atoms with Gasteiger partial charge in [-0.05, 0) is 25.3 Å². The van der Waals surface area contributed by atoms with Gasteiger partial charge in [-0.25, -0.2) is 0 Å². The highest BCUT2D eigenvalue weighted by Gasteiger charge is 2.03. The van der Waals surface area contributed by atoms with Crippen LogP contribution in [-0.4, -0.2) is 11.9 Å².